The number of carbonyl (C=O) groups is 4. The third-order valence-corrected chi connectivity index (χ3v) is 11.1. The van der Waals surface area contributed by atoms with Crippen LogP contribution in [0.25, 0.3) is 0 Å². The molecule has 1 aromatic rings. The van der Waals surface area contributed by atoms with Crippen LogP contribution in [0.3, 0.4) is 0 Å². The molecule has 4 atom stereocenters. The molecule has 4 fully saturated rings. The molecule has 1 saturated carbocycles. The first kappa shape index (κ1) is 36.1. The lowest BCUT2D eigenvalue weighted by atomic mass is 9.93. The lowest BCUT2D eigenvalue weighted by molar-refractivity contribution is -0.162. The normalized spacial score (nSPS) is 25.7. The van der Waals surface area contributed by atoms with Gasteiger partial charge in [0.1, 0.15) is 5.75 Å². The summed E-state index contributed by atoms with van der Waals surface area (Å²) in [4.78, 5) is 61.7. The fourth-order valence-electron chi connectivity index (χ4n) is 8.63. The number of amides is 4. The van der Waals surface area contributed by atoms with Crippen molar-refractivity contribution < 1.29 is 24.3 Å². The molecule has 0 unspecified atom stereocenters. The molecule has 3 heterocycles. The van der Waals surface area contributed by atoms with E-state index in [1.54, 1.807) is 17.0 Å². The minimum Gasteiger partial charge on any atom is -0.508 e. The molecule has 1 aliphatic carbocycles. The van der Waals surface area contributed by atoms with Gasteiger partial charge in [0.2, 0.25) is 0 Å². The highest BCUT2D eigenvalue weighted by Crippen LogP contribution is 2.30. The molecule has 1 aromatic carbocycles. The van der Waals surface area contributed by atoms with Crippen molar-refractivity contribution in [1.29, 1.82) is 0 Å². The summed E-state index contributed by atoms with van der Waals surface area (Å²) in [6, 6.07) is 6.87. The van der Waals surface area contributed by atoms with Gasteiger partial charge in [0.15, 0.2) is 0 Å². The molecule has 4 aliphatic rings. The molecule has 5 rings (SSSR count). The Labute approximate surface area is 287 Å². The molecule has 3 aliphatic heterocycles. The van der Waals surface area contributed by atoms with Crippen molar-refractivity contribution in [2.24, 2.45) is 17.8 Å². The Morgan fingerprint density at radius 3 is 2.06 bits per heavy atom. The van der Waals surface area contributed by atoms with E-state index in [-0.39, 0.29) is 35.8 Å². The quantitative estimate of drug-likeness (QED) is 0.241. The summed E-state index contributed by atoms with van der Waals surface area (Å²) >= 11 is 0. The number of phenols is 1. The van der Waals surface area contributed by atoms with Crippen molar-refractivity contribution in [2.45, 2.75) is 122 Å². The zero-order valence-electron chi connectivity index (χ0n) is 29.7. The average Bonchev–Trinajstić information content (AvgIpc) is 3.31. The Morgan fingerprint density at radius 2 is 1.40 bits per heavy atom. The molecule has 3 saturated heterocycles. The summed E-state index contributed by atoms with van der Waals surface area (Å²) < 4.78 is 0. The molecule has 48 heavy (non-hydrogen) atoms. The van der Waals surface area contributed by atoms with Crippen LogP contribution in [0, 0.1) is 17.8 Å². The number of piperazine rings is 2. The summed E-state index contributed by atoms with van der Waals surface area (Å²) in [5.41, 5.74) is 0.995. The van der Waals surface area contributed by atoms with E-state index in [0.717, 1.165) is 50.6 Å². The lowest BCUT2D eigenvalue weighted by Gasteiger charge is -2.46. The van der Waals surface area contributed by atoms with Gasteiger partial charge in [-0.1, -0.05) is 65.5 Å². The Bertz CT molecular complexity index is 1260. The van der Waals surface area contributed by atoms with Crippen LogP contribution in [0.1, 0.15) is 97.5 Å². The van der Waals surface area contributed by atoms with Crippen molar-refractivity contribution in [3.63, 3.8) is 0 Å². The third kappa shape index (κ3) is 9.10. The SMILES string of the molecule is CC(C)C[C@H]1CNC(=O)C(=O)N1C[C@H]1CCCN1C[C@H](Cc1ccc(O)cc1)N1C[C@H](CC(C)C)N(CC2CCCCCC2)C(=O)C1=O. The predicted octanol–water partition coefficient (Wildman–Crippen LogP) is 4.20. The van der Waals surface area contributed by atoms with Gasteiger partial charge in [-0.2, -0.15) is 0 Å². The van der Waals surface area contributed by atoms with Crippen LogP contribution in [0.4, 0.5) is 0 Å². The van der Waals surface area contributed by atoms with Crippen LogP contribution >= 0.6 is 0 Å². The topological polar surface area (TPSA) is 114 Å². The van der Waals surface area contributed by atoms with Crippen LogP contribution < -0.4 is 5.32 Å². The molecule has 0 spiro atoms. The monoisotopic (exact) mass is 665 g/mol. The van der Waals surface area contributed by atoms with Gasteiger partial charge in [0, 0.05) is 50.8 Å². The highest BCUT2D eigenvalue weighted by Gasteiger charge is 2.44. The molecule has 10 heteroatoms. The first-order valence-corrected chi connectivity index (χ1v) is 18.7. The number of benzene rings is 1. The fourth-order valence-corrected chi connectivity index (χ4v) is 8.63. The van der Waals surface area contributed by atoms with E-state index in [1.165, 1.54) is 25.7 Å². The lowest BCUT2D eigenvalue weighted by Crippen LogP contribution is -2.65. The number of hydrogen-bond acceptors (Lipinski definition) is 6. The van der Waals surface area contributed by atoms with E-state index >= 15 is 0 Å². The summed E-state index contributed by atoms with van der Waals surface area (Å²) in [5, 5.41) is 12.7. The number of nitrogens with one attached hydrogen (secondary N) is 1. The second kappa shape index (κ2) is 16.5. The minimum atomic E-state index is -0.535. The standard InChI is InChI=1S/C38H59N5O5/c1-26(2)18-31-21-39-35(45)36(46)42(31)24-30-12-9-17-40(30)23-33(20-28-13-15-34(44)16-14-28)43-25-32(19-27(3)4)41(37(47)38(43)48)22-29-10-7-5-6-8-11-29/h13-16,26-27,29-33,44H,5-12,17-25H2,1-4H3,(H,39,45)/t30-,31+,32+,33+/m1/s1. The van der Waals surface area contributed by atoms with E-state index in [4.69, 9.17) is 0 Å². The Balaban J connectivity index is 1.38. The van der Waals surface area contributed by atoms with Crippen LogP contribution in [-0.2, 0) is 25.6 Å². The molecule has 0 aromatic heterocycles. The van der Waals surface area contributed by atoms with Gasteiger partial charge in [-0.25, -0.2) is 0 Å². The summed E-state index contributed by atoms with van der Waals surface area (Å²) in [6.45, 7) is 12.2. The van der Waals surface area contributed by atoms with Gasteiger partial charge < -0.3 is 25.1 Å². The number of phenolic OH excluding ortho intramolecular Hbond substituents is 1. The number of carbonyl (C=O) groups excluding carboxylic acids is 4. The molecular formula is C38H59N5O5. The van der Waals surface area contributed by atoms with Crippen LogP contribution in [0.5, 0.6) is 5.75 Å². The molecule has 4 amide bonds. The van der Waals surface area contributed by atoms with E-state index < -0.39 is 17.7 Å². The maximum Gasteiger partial charge on any atom is 0.312 e. The van der Waals surface area contributed by atoms with Gasteiger partial charge >= 0.3 is 23.6 Å². The van der Waals surface area contributed by atoms with Crippen molar-refractivity contribution in [3.8, 4) is 5.75 Å². The van der Waals surface area contributed by atoms with Crippen LogP contribution in [-0.4, -0.2) is 112 Å². The van der Waals surface area contributed by atoms with E-state index in [2.05, 4.69) is 37.9 Å². The molecular weight excluding hydrogens is 606 g/mol. The summed E-state index contributed by atoms with van der Waals surface area (Å²) in [7, 11) is 0. The van der Waals surface area contributed by atoms with Crippen molar-refractivity contribution in [3.05, 3.63) is 29.8 Å². The number of rotatable bonds is 13. The second-order valence-electron chi connectivity index (χ2n) is 15.8. The molecule has 266 valence electrons. The zero-order chi connectivity index (χ0) is 34.4. The summed E-state index contributed by atoms with van der Waals surface area (Å²) in [6.07, 6.45) is 11.2. The zero-order valence-corrected chi connectivity index (χ0v) is 29.7. The highest BCUT2D eigenvalue weighted by molar-refractivity contribution is 6.36. The van der Waals surface area contributed by atoms with Crippen LogP contribution in [0.15, 0.2) is 24.3 Å². The maximum absolute atomic E-state index is 14.1. The van der Waals surface area contributed by atoms with Crippen molar-refractivity contribution in [1.82, 2.24) is 24.9 Å². The highest BCUT2D eigenvalue weighted by atomic mass is 16.3. The summed E-state index contributed by atoms with van der Waals surface area (Å²) in [5.74, 6) is -0.369. The number of likely N-dealkylation sites (tertiary alicyclic amines) is 1. The van der Waals surface area contributed by atoms with Gasteiger partial charge in [0.05, 0.1) is 6.04 Å². The van der Waals surface area contributed by atoms with E-state index in [1.807, 2.05) is 21.9 Å². The van der Waals surface area contributed by atoms with Crippen molar-refractivity contribution >= 4 is 23.6 Å². The molecule has 2 N–H and O–H groups in total. The second-order valence-corrected chi connectivity index (χ2v) is 15.8. The molecule has 10 nitrogen and oxygen atoms in total. The van der Waals surface area contributed by atoms with Crippen LogP contribution in [0.2, 0.25) is 0 Å². The van der Waals surface area contributed by atoms with Gasteiger partial charge in [-0.15, -0.1) is 0 Å². The average molecular weight is 666 g/mol. The number of nitrogens with zero attached hydrogens (tertiary/aromatic N) is 4. The number of hydrogen-bond donors (Lipinski definition) is 2. The minimum absolute atomic E-state index is 0.0311. The molecule has 0 radical (unpaired) electrons. The smallest absolute Gasteiger partial charge is 0.312 e. The fraction of sp³-hybridized carbons (Fsp3) is 0.737. The molecule has 0 bridgehead atoms. The Morgan fingerprint density at radius 1 is 0.750 bits per heavy atom. The van der Waals surface area contributed by atoms with Gasteiger partial charge in [-0.05, 0) is 86.9 Å². The van der Waals surface area contributed by atoms with E-state index in [0.29, 0.717) is 56.9 Å². The van der Waals surface area contributed by atoms with Crippen molar-refractivity contribution in [2.75, 3.05) is 39.3 Å². The predicted molar refractivity (Wildman–Crippen MR) is 186 cm³/mol. The van der Waals surface area contributed by atoms with Gasteiger partial charge in [-0.3, -0.25) is 24.1 Å². The van der Waals surface area contributed by atoms with E-state index in [9.17, 15) is 24.3 Å². The first-order chi connectivity index (χ1) is 23.0. The Kier molecular flexibility index (Phi) is 12.4. The maximum atomic E-state index is 14.1. The largest absolute Gasteiger partial charge is 0.508 e. The first-order valence-electron chi connectivity index (χ1n) is 18.7. The third-order valence-electron chi connectivity index (χ3n) is 11.1. The van der Waals surface area contributed by atoms with Gasteiger partial charge in [0.25, 0.3) is 0 Å². The number of aromatic hydroxyl groups is 1. The Hall–Kier alpha value is -3.14.